The van der Waals surface area contributed by atoms with E-state index in [1.165, 1.54) is 6.92 Å². The molecule has 0 radical (unpaired) electrons. The lowest BCUT2D eigenvalue weighted by molar-refractivity contribution is -0.132. The highest BCUT2D eigenvalue weighted by Crippen LogP contribution is 2.29. The molecule has 2 aliphatic rings. The molecule has 190 valence electrons. The monoisotopic (exact) mass is 483 g/mol. The number of hydrogen-bond acceptors (Lipinski definition) is 7. The van der Waals surface area contributed by atoms with Crippen LogP contribution in [0.2, 0.25) is 0 Å². The zero-order chi connectivity index (χ0) is 24.9. The molecule has 2 aromatic rings. The summed E-state index contributed by atoms with van der Waals surface area (Å²) in [5.74, 6) is 1.43. The minimum atomic E-state index is -1.24. The molecular weight excluding hydrogens is 446 g/mol. The summed E-state index contributed by atoms with van der Waals surface area (Å²) in [5.41, 5.74) is -0.972. The van der Waals surface area contributed by atoms with E-state index in [0.717, 1.165) is 24.5 Å². The number of nitrogens with zero attached hydrogens (tertiary/aromatic N) is 3. The second-order valence-corrected chi connectivity index (χ2v) is 9.89. The number of methoxy groups -OCH3 is 1. The van der Waals surface area contributed by atoms with E-state index < -0.39 is 11.2 Å². The van der Waals surface area contributed by atoms with Crippen molar-refractivity contribution in [2.45, 2.75) is 31.0 Å². The Bertz CT molecular complexity index is 963. The first-order valence-electron chi connectivity index (χ1n) is 12.3. The summed E-state index contributed by atoms with van der Waals surface area (Å²) in [6.45, 7) is 5.17. The van der Waals surface area contributed by atoms with Crippen LogP contribution < -0.4 is 14.4 Å². The molecule has 0 bridgehead atoms. The van der Waals surface area contributed by atoms with Gasteiger partial charge in [0.15, 0.2) is 0 Å². The maximum Gasteiger partial charge on any atom is 0.219 e. The summed E-state index contributed by atoms with van der Waals surface area (Å²) >= 11 is 0. The first kappa shape index (κ1) is 25.3. The van der Waals surface area contributed by atoms with Gasteiger partial charge in [0.05, 0.1) is 19.3 Å². The molecular formula is C27H37N3O5. The number of ether oxygens (including phenoxy) is 2. The summed E-state index contributed by atoms with van der Waals surface area (Å²) in [6, 6.07) is 17.4. The fraction of sp³-hybridized carbons (Fsp3) is 0.519. The Hall–Kier alpha value is -2.81. The van der Waals surface area contributed by atoms with Crippen molar-refractivity contribution < 1.29 is 24.5 Å². The van der Waals surface area contributed by atoms with Gasteiger partial charge in [0.2, 0.25) is 5.91 Å². The number of carbonyl (C=O) groups is 1. The molecule has 4 rings (SSSR count). The topological polar surface area (TPSA) is 85.7 Å². The SMILES string of the molecule is COc1ccc(N2CCC(O)(CN3CCN(C(C)=O)C[C@@](O)(COc4ccccc4)C3)CC2)cc1. The lowest BCUT2D eigenvalue weighted by Crippen LogP contribution is -2.55. The van der Waals surface area contributed by atoms with Crippen LogP contribution in [0.1, 0.15) is 19.8 Å². The Morgan fingerprint density at radius 2 is 1.57 bits per heavy atom. The number of rotatable bonds is 7. The predicted octanol–water partition coefficient (Wildman–Crippen LogP) is 2.00. The Morgan fingerprint density at radius 3 is 2.20 bits per heavy atom. The van der Waals surface area contributed by atoms with E-state index in [2.05, 4.69) is 9.80 Å². The number of aliphatic hydroxyl groups is 2. The predicted molar refractivity (Wildman–Crippen MR) is 135 cm³/mol. The molecule has 2 N–H and O–H groups in total. The van der Waals surface area contributed by atoms with E-state index in [9.17, 15) is 15.0 Å². The van der Waals surface area contributed by atoms with Gasteiger partial charge in [-0.1, -0.05) is 18.2 Å². The van der Waals surface area contributed by atoms with Crippen molar-refractivity contribution in [2.75, 3.05) is 64.4 Å². The van der Waals surface area contributed by atoms with Gasteiger partial charge in [0, 0.05) is 51.9 Å². The highest BCUT2D eigenvalue weighted by atomic mass is 16.5. The number of carbonyl (C=O) groups excluding carboxylic acids is 1. The molecule has 2 fully saturated rings. The van der Waals surface area contributed by atoms with E-state index in [4.69, 9.17) is 9.47 Å². The average Bonchev–Trinajstić information content (AvgIpc) is 3.03. The molecule has 1 amide bonds. The lowest BCUT2D eigenvalue weighted by Gasteiger charge is -2.42. The maximum absolute atomic E-state index is 12.2. The van der Waals surface area contributed by atoms with E-state index >= 15 is 0 Å². The normalized spacial score (nSPS) is 23.0. The summed E-state index contributed by atoms with van der Waals surface area (Å²) in [7, 11) is 1.66. The third-order valence-corrected chi connectivity index (χ3v) is 7.03. The zero-order valence-electron chi connectivity index (χ0n) is 20.7. The van der Waals surface area contributed by atoms with Gasteiger partial charge in [-0.2, -0.15) is 0 Å². The van der Waals surface area contributed by atoms with Crippen molar-refractivity contribution in [1.29, 1.82) is 0 Å². The van der Waals surface area contributed by atoms with Crippen molar-refractivity contribution in [2.24, 2.45) is 0 Å². The molecule has 0 aliphatic carbocycles. The highest BCUT2D eigenvalue weighted by molar-refractivity contribution is 5.73. The fourth-order valence-electron chi connectivity index (χ4n) is 5.02. The van der Waals surface area contributed by atoms with Gasteiger partial charge in [-0.3, -0.25) is 9.69 Å². The third kappa shape index (κ3) is 6.66. The van der Waals surface area contributed by atoms with Crippen LogP contribution in [0.4, 0.5) is 5.69 Å². The van der Waals surface area contributed by atoms with Crippen LogP contribution in [0.3, 0.4) is 0 Å². The first-order chi connectivity index (χ1) is 16.8. The summed E-state index contributed by atoms with van der Waals surface area (Å²) < 4.78 is 11.1. The van der Waals surface area contributed by atoms with Crippen molar-refractivity contribution >= 4 is 11.6 Å². The number of amides is 1. The van der Waals surface area contributed by atoms with Crippen molar-refractivity contribution in [3.8, 4) is 11.5 Å². The molecule has 2 aliphatic heterocycles. The molecule has 0 aromatic heterocycles. The Morgan fingerprint density at radius 1 is 0.886 bits per heavy atom. The summed E-state index contributed by atoms with van der Waals surface area (Å²) in [5, 5.41) is 22.9. The smallest absolute Gasteiger partial charge is 0.219 e. The van der Waals surface area contributed by atoms with Crippen molar-refractivity contribution in [3.05, 3.63) is 54.6 Å². The van der Waals surface area contributed by atoms with Gasteiger partial charge >= 0.3 is 0 Å². The van der Waals surface area contributed by atoms with Crippen LogP contribution >= 0.6 is 0 Å². The van der Waals surface area contributed by atoms with E-state index in [-0.39, 0.29) is 19.1 Å². The van der Waals surface area contributed by atoms with Gasteiger partial charge in [-0.05, 0) is 49.2 Å². The van der Waals surface area contributed by atoms with Gasteiger partial charge in [-0.15, -0.1) is 0 Å². The minimum absolute atomic E-state index is 0.0704. The van der Waals surface area contributed by atoms with Crippen LogP contribution in [0.15, 0.2) is 54.6 Å². The largest absolute Gasteiger partial charge is 0.497 e. The van der Waals surface area contributed by atoms with Crippen LogP contribution in [0.5, 0.6) is 11.5 Å². The summed E-state index contributed by atoms with van der Waals surface area (Å²) in [4.78, 5) is 18.2. The van der Waals surface area contributed by atoms with Crippen LogP contribution in [-0.4, -0.2) is 96.7 Å². The van der Waals surface area contributed by atoms with Gasteiger partial charge < -0.3 is 29.5 Å². The number of benzene rings is 2. The number of β-amino-alcohol motifs (C(OH)–C–C–N with tert-alkyl or cyclic N) is 2. The third-order valence-electron chi connectivity index (χ3n) is 7.03. The molecule has 8 heteroatoms. The van der Waals surface area contributed by atoms with Gasteiger partial charge in [0.25, 0.3) is 0 Å². The minimum Gasteiger partial charge on any atom is -0.497 e. The maximum atomic E-state index is 12.2. The van der Waals surface area contributed by atoms with Crippen LogP contribution in [0.25, 0.3) is 0 Å². The summed E-state index contributed by atoms with van der Waals surface area (Å²) in [6.07, 6.45) is 1.26. The van der Waals surface area contributed by atoms with Crippen molar-refractivity contribution in [3.63, 3.8) is 0 Å². The van der Waals surface area contributed by atoms with E-state index in [1.54, 1.807) is 12.0 Å². The molecule has 1 atom stereocenters. The Kier molecular flexibility index (Phi) is 7.84. The highest BCUT2D eigenvalue weighted by Gasteiger charge is 2.40. The van der Waals surface area contributed by atoms with Gasteiger partial charge in [-0.25, -0.2) is 0 Å². The van der Waals surface area contributed by atoms with E-state index in [0.29, 0.717) is 44.8 Å². The molecule has 0 unspecified atom stereocenters. The molecule has 0 spiro atoms. The zero-order valence-corrected chi connectivity index (χ0v) is 20.7. The second-order valence-electron chi connectivity index (χ2n) is 9.89. The standard InChI is InChI=1S/C27H37N3O5/c1-22(31)30-17-16-28(19-27(33,20-30)21-35-25-6-4-3-5-7-25)18-26(32)12-14-29(15-13-26)23-8-10-24(34-2)11-9-23/h3-11,32-33H,12-21H2,1-2H3/t27-/m1/s1. The first-order valence-corrected chi connectivity index (χ1v) is 12.3. The van der Waals surface area contributed by atoms with Gasteiger partial charge in [0.1, 0.15) is 23.7 Å². The fourth-order valence-corrected chi connectivity index (χ4v) is 5.02. The van der Waals surface area contributed by atoms with Crippen molar-refractivity contribution in [1.82, 2.24) is 9.80 Å². The molecule has 2 saturated heterocycles. The molecule has 2 heterocycles. The van der Waals surface area contributed by atoms with E-state index in [1.807, 2.05) is 54.6 Å². The molecule has 35 heavy (non-hydrogen) atoms. The molecule has 2 aromatic carbocycles. The lowest BCUT2D eigenvalue weighted by atomic mass is 9.90. The second kappa shape index (κ2) is 10.8. The number of anilines is 1. The van der Waals surface area contributed by atoms with Crippen LogP contribution in [-0.2, 0) is 4.79 Å². The molecule has 0 saturated carbocycles. The quantitative estimate of drug-likeness (QED) is 0.623. The Balaban J connectivity index is 1.39. The van der Waals surface area contributed by atoms with Crippen LogP contribution in [0, 0.1) is 0 Å². The number of para-hydroxylation sites is 1. The molecule has 8 nitrogen and oxygen atoms in total. The Labute approximate surface area is 207 Å². The number of hydrogen-bond donors (Lipinski definition) is 2. The average molecular weight is 484 g/mol. The number of piperidine rings is 1.